The molecule has 0 spiro atoms. The van der Waals surface area contributed by atoms with E-state index in [2.05, 4.69) is 10.6 Å². The van der Waals surface area contributed by atoms with Gasteiger partial charge in [-0.2, -0.15) is 0 Å². The summed E-state index contributed by atoms with van der Waals surface area (Å²) in [5, 5.41) is 24.4. The van der Waals surface area contributed by atoms with Gasteiger partial charge in [-0.1, -0.05) is 19.3 Å². The van der Waals surface area contributed by atoms with Gasteiger partial charge in [0.15, 0.2) is 0 Å². The minimum atomic E-state index is -0.813. The molecule has 108 valence electrons. The number of carbonyl (C=O) groups is 2. The number of nitrogens with one attached hydrogen (secondary N) is 2. The maximum absolute atomic E-state index is 11.9. The normalized spacial score (nSPS) is 29.9. The molecule has 6 heteroatoms. The number of hydrogen-bond donors (Lipinski definition) is 4. The maximum atomic E-state index is 11.9. The molecule has 1 aliphatic carbocycles. The molecule has 1 amide bonds. The largest absolute Gasteiger partial charge is 0.481 e. The monoisotopic (exact) mass is 270 g/mol. The van der Waals surface area contributed by atoms with Gasteiger partial charge in [0.05, 0.1) is 17.6 Å². The van der Waals surface area contributed by atoms with Crippen LogP contribution in [0.3, 0.4) is 0 Å². The Morgan fingerprint density at radius 2 is 1.95 bits per heavy atom. The molecule has 0 radical (unpaired) electrons. The molecule has 1 aliphatic heterocycles. The number of aliphatic hydroxyl groups excluding tert-OH is 1. The fourth-order valence-corrected chi connectivity index (χ4v) is 2.99. The first-order valence-corrected chi connectivity index (χ1v) is 6.96. The van der Waals surface area contributed by atoms with Crippen LogP contribution in [0.25, 0.3) is 0 Å². The smallest absolute Gasteiger partial charge is 0.311 e. The maximum Gasteiger partial charge on any atom is 0.311 e. The molecule has 0 aromatic carbocycles. The summed E-state index contributed by atoms with van der Waals surface area (Å²) in [6.45, 7) is 0.609. The minimum absolute atomic E-state index is 0.190. The highest BCUT2D eigenvalue weighted by atomic mass is 16.4. The second-order valence-electron chi connectivity index (χ2n) is 5.71. The van der Waals surface area contributed by atoms with Crippen molar-refractivity contribution in [2.24, 2.45) is 5.41 Å². The van der Waals surface area contributed by atoms with Gasteiger partial charge in [0.1, 0.15) is 0 Å². The van der Waals surface area contributed by atoms with Crippen LogP contribution < -0.4 is 10.6 Å². The third kappa shape index (κ3) is 3.25. The third-order valence-corrected chi connectivity index (χ3v) is 4.29. The number of carboxylic acids is 1. The van der Waals surface area contributed by atoms with Gasteiger partial charge in [0.2, 0.25) is 5.91 Å². The van der Waals surface area contributed by atoms with Crippen LogP contribution in [0.15, 0.2) is 0 Å². The van der Waals surface area contributed by atoms with Crippen molar-refractivity contribution in [2.75, 3.05) is 13.1 Å². The molecule has 1 saturated heterocycles. The van der Waals surface area contributed by atoms with Crippen LogP contribution in [-0.2, 0) is 9.59 Å². The van der Waals surface area contributed by atoms with Crippen molar-refractivity contribution >= 4 is 11.9 Å². The van der Waals surface area contributed by atoms with E-state index in [4.69, 9.17) is 0 Å². The first kappa shape index (κ1) is 14.3. The summed E-state index contributed by atoms with van der Waals surface area (Å²) in [6, 6.07) is -0.399. The average Bonchev–Trinajstić information content (AvgIpc) is 2.83. The number of rotatable bonds is 4. The lowest BCUT2D eigenvalue weighted by Crippen LogP contribution is -2.48. The predicted octanol–water partition coefficient (Wildman–Crippen LogP) is -0.140. The number of carboxylic acid groups (broad SMARTS) is 1. The van der Waals surface area contributed by atoms with E-state index in [0.717, 1.165) is 19.3 Å². The van der Waals surface area contributed by atoms with Gasteiger partial charge in [-0.05, 0) is 19.3 Å². The quantitative estimate of drug-likeness (QED) is 0.570. The zero-order valence-electron chi connectivity index (χ0n) is 11.0. The minimum Gasteiger partial charge on any atom is -0.481 e. The van der Waals surface area contributed by atoms with Crippen molar-refractivity contribution < 1.29 is 19.8 Å². The van der Waals surface area contributed by atoms with Crippen molar-refractivity contribution in [3.8, 4) is 0 Å². The molecule has 2 atom stereocenters. The van der Waals surface area contributed by atoms with Gasteiger partial charge in [-0.25, -0.2) is 0 Å². The van der Waals surface area contributed by atoms with E-state index in [1.54, 1.807) is 0 Å². The first-order chi connectivity index (χ1) is 9.03. The van der Waals surface area contributed by atoms with Gasteiger partial charge in [-0.3, -0.25) is 9.59 Å². The van der Waals surface area contributed by atoms with Crippen LogP contribution >= 0.6 is 0 Å². The molecule has 19 heavy (non-hydrogen) atoms. The highest BCUT2D eigenvalue weighted by Gasteiger charge is 2.40. The molecule has 2 fully saturated rings. The van der Waals surface area contributed by atoms with Crippen LogP contribution in [0, 0.1) is 5.41 Å². The van der Waals surface area contributed by atoms with E-state index >= 15 is 0 Å². The van der Waals surface area contributed by atoms with Crippen LogP contribution in [-0.4, -0.2) is 47.3 Å². The predicted molar refractivity (Wildman–Crippen MR) is 68.6 cm³/mol. The van der Waals surface area contributed by atoms with Crippen LogP contribution in [0.2, 0.25) is 0 Å². The van der Waals surface area contributed by atoms with Crippen LogP contribution in [0.5, 0.6) is 0 Å². The highest BCUT2D eigenvalue weighted by Crippen LogP contribution is 2.36. The molecule has 1 heterocycles. The lowest BCUT2D eigenvalue weighted by Gasteiger charge is -2.33. The first-order valence-electron chi connectivity index (χ1n) is 6.96. The number of aliphatic carboxylic acids is 1. The number of aliphatic hydroxyl groups is 1. The molecule has 0 bridgehead atoms. The van der Waals surface area contributed by atoms with E-state index in [-0.39, 0.29) is 12.5 Å². The van der Waals surface area contributed by atoms with Gasteiger partial charge in [0, 0.05) is 13.1 Å². The van der Waals surface area contributed by atoms with E-state index < -0.39 is 23.5 Å². The van der Waals surface area contributed by atoms with Crippen LogP contribution in [0.4, 0.5) is 0 Å². The standard InChI is InChI=1S/C13H22N2O4/c16-9-6-10(14-7-9)11(17)15-8-13(12(18)19)4-2-1-3-5-13/h9-10,14,16H,1-8H2,(H,15,17)(H,18,19). The number of β-amino-alcohol motifs (C(OH)–C–C–N with tert-alkyl or cyclic N) is 1. The summed E-state index contributed by atoms with van der Waals surface area (Å²) in [7, 11) is 0. The Morgan fingerprint density at radius 1 is 1.26 bits per heavy atom. The summed E-state index contributed by atoms with van der Waals surface area (Å²) < 4.78 is 0. The topological polar surface area (TPSA) is 98.7 Å². The van der Waals surface area contributed by atoms with E-state index in [9.17, 15) is 19.8 Å². The molecule has 0 aromatic rings. The summed E-state index contributed by atoms with van der Waals surface area (Å²) in [5.74, 6) is -1.02. The zero-order chi connectivity index (χ0) is 13.9. The molecule has 6 nitrogen and oxygen atoms in total. The van der Waals surface area contributed by atoms with E-state index in [1.807, 2.05) is 0 Å². The Balaban J connectivity index is 1.88. The zero-order valence-corrected chi connectivity index (χ0v) is 11.0. The lowest BCUT2D eigenvalue weighted by atomic mass is 9.74. The molecule has 4 N–H and O–H groups in total. The molecule has 2 rings (SSSR count). The third-order valence-electron chi connectivity index (χ3n) is 4.29. The van der Waals surface area contributed by atoms with Crippen LogP contribution in [0.1, 0.15) is 38.5 Å². The number of hydrogen-bond acceptors (Lipinski definition) is 4. The Kier molecular flexibility index (Phi) is 4.42. The average molecular weight is 270 g/mol. The molecule has 2 aliphatic rings. The van der Waals surface area contributed by atoms with Crippen molar-refractivity contribution in [1.29, 1.82) is 0 Å². The van der Waals surface area contributed by atoms with Gasteiger partial charge in [0.25, 0.3) is 0 Å². The van der Waals surface area contributed by atoms with E-state index in [1.165, 1.54) is 0 Å². The fourth-order valence-electron chi connectivity index (χ4n) is 2.99. The molecule has 2 unspecified atom stereocenters. The SMILES string of the molecule is O=C(NCC1(C(=O)O)CCCCC1)C1CC(O)CN1. The Labute approximate surface area is 112 Å². The summed E-state index contributed by atoms with van der Waals surface area (Å²) in [4.78, 5) is 23.4. The fraction of sp³-hybridized carbons (Fsp3) is 0.846. The molecular weight excluding hydrogens is 248 g/mol. The number of carbonyl (C=O) groups excluding carboxylic acids is 1. The van der Waals surface area contributed by atoms with Crippen molar-refractivity contribution in [3.63, 3.8) is 0 Å². The summed E-state index contributed by atoms with van der Waals surface area (Å²) in [5.41, 5.74) is -0.800. The second kappa shape index (κ2) is 5.88. The number of amides is 1. The molecule has 1 saturated carbocycles. The molecular formula is C13H22N2O4. The van der Waals surface area contributed by atoms with E-state index in [0.29, 0.717) is 25.8 Å². The Morgan fingerprint density at radius 3 is 2.47 bits per heavy atom. The molecule has 0 aromatic heterocycles. The summed E-state index contributed by atoms with van der Waals surface area (Å²) >= 11 is 0. The summed E-state index contributed by atoms with van der Waals surface area (Å²) in [6.07, 6.45) is 4.04. The Hall–Kier alpha value is -1.14. The second-order valence-corrected chi connectivity index (χ2v) is 5.71. The highest BCUT2D eigenvalue weighted by molar-refractivity contribution is 5.83. The van der Waals surface area contributed by atoms with Crippen molar-refractivity contribution in [2.45, 2.75) is 50.7 Å². The lowest BCUT2D eigenvalue weighted by molar-refractivity contribution is -0.151. The van der Waals surface area contributed by atoms with Crippen molar-refractivity contribution in [3.05, 3.63) is 0 Å². The van der Waals surface area contributed by atoms with Gasteiger partial charge >= 0.3 is 5.97 Å². The van der Waals surface area contributed by atoms with Crippen molar-refractivity contribution in [1.82, 2.24) is 10.6 Å². The van der Waals surface area contributed by atoms with Gasteiger partial charge < -0.3 is 20.8 Å². The van der Waals surface area contributed by atoms with Gasteiger partial charge in [-0.15, -0.1) is 0 Å². The Bertz CT molecular complexity index is 353.